The van der Waals surface area contributed by atoms with E-state index >= 15 is 0 Å². The van der Waals surface area contributed by atoms with E-state index in [0.717, 1.165) is 35.5 Å². The molecule has 4 heterocycles. The van der Waals surface area contributed by atoms with Gasteiger partial charge < -0.3 is 9.38 Å². The fourth-order valence-electron chi connectivity index (χ4n) is 18.7. The predicted molar refractivity (Wildman–Crippen MR) is 301 cm³/mol. The van der Waals surface area contributed by atoms with Crippen molar-refractivity contribution in [1.29, 1.82) is 0 Å². The topological polar surface area (TPSA) is 8.17 Å². The zero-order valence-electron chi connectivity index (χ0n) is 42.0. The van der Waals surface area contributed by atoms with E-state index in [0.29, 0.717) is 5.41 Å². The fraction of sp³-hybridized carbons (Fsp3) is 0.373. The number of hydrogen-bond acceptors (Lipinski definition) is 2. The molecule has 19 rings (SSSR count). The summed E-state index contributed by atoms with van der Waals surface area (Å²) in [4.78, 5) is 2.74. The average Bonchev–Trinajstić information content (AvgIpc) is 3.90. The minimum absolute atomic E-state index is 0.00888. The maximum atomic E-state index is 2.91. The molecule has 8 saturated carbocycles. The summed E-state index contributed by atoms with van der Waals surface area (Å²) in [5, 5.41) is 8.44. The highest BCUT2D eigenvalue weighted by molar-refractivity contribution is 7.26. The van der Waals surface area contributed by atoms with Gasteiger partial charge in [-0.1, -0.05) is 93.6 Å². The average molecular weight is 939 g/mol. The zero-order chi connectivity index (χ0) is 46.9. The molecular formula is C67H63BN2S. The Morgan fingerprint density at radius 1 is 0.521 bits per heavy atom. The van der Waals surface area contributed by atoms with Crippen LogP contribution in [0.1, 0.15) is 120 Å². The minimum atomic E-state index is 0.00888. The van der Waals surface area contributed by atoms with Crippen LogP contribution in [0.15, 0.2) is 127 Å². The Kier molecular flexibility index (Phi) is 8.03. The third kappa shape index (κ3) is 5.62. The van der Waals surface area contributed by atoms with Crippen LogP contribution >= 0.6 is 11.3 Å². The van der Waals surface area contributed by atoms with Crippen molar-refractivity contribution in [3.63, 3.8) is 0 Å². The van der Waals surface area contributed by atoms with Crippen molar-refractivity contribution in [2.45, 2.75) is 121 Å². The van der Waals surface area contributed by atoms with Crippen LogP contribution in [-0.2, 0) is 16.2 Å². The quantitative estimate of drug-likeness (QED) is 0.160. The number of nitrogens with zero attached hydrogens (tertiary/aromatic N) is 2. The van der Waals surface area contributed by atoms with Crippen LogP contribution < -0.4 is 15.8 Å². The predicted octanol–water partition coefficient (Wildman–Crippen LogP) is 16.8. The number of rotatable bonds is 4. The highest BCUT2D eigenvalue weighted by Gasteiger charge is 2.54. The Bertz CT molecular complexity index is 3730. The molecule has 0 N–H and O–H groups in total. The summed E-state index contributed by atoms with van der Waals surface area (Å²) in [5.41, 5.74) is 20.6. The molecule has 4 heteroatoms. The molecule has 0 amide bonds. The molecule has 350 valence electrons. The van der Waals surface area contributed by atoms with Crippen molar-refractivity contribution in [3.8, 4) is 22.3 Å². The second kappa shape index (κ2) is 13.9. The van der Waals surface area contributed by atoms with Gasteiger partial charge in [-0.15, -0.1) is 11.3 Å². The van der Waals surface area contributed by atoms with E-state index in [2.05, 4.69) is 164 Å². The van der Waals surface area contributed by atoms with E-state index in [-0.39, 0.29) is 17.7 Å². The largest absolute Gasteiger partial charge is 0.375 e. The number of aryl methyl sites for hydroxylation is 1. The molecule has 0 spiro atoms. The van der Waals surface area contributed by atoms with Gasteiger partial charge in [-0.05, 0) is 251 Å². The highest BCUT2D eigenvalue weighted by Crippen LogP contribution is 2.64. The van der Waals surface area contributed by atoms with Gasteiger partial charge in [0.1, 0.15) is 0 Å². The fourth-order valence-corrected chi connectivity index (χ4v) is 20.0. The van der Waals surface area contributed by atoms with Crippen LogP contribution in [0, 0.1) is 42.4 Å². The van der Waals surface area contributed by atoms with Crippen molar-refractivity contribution in [2.75, 3.05) is 4.90 Å². The number of thiophene rings is 1. The Morgan fingerprint density at radius 2 is 1.14 bits per heavy atom. The Balaban J connectivity index is 0.989. The normalized spacial score (nSPS) is 28.5. The molecule has 0 radical (unpaired) electrons. The van der Waals surface area contributed by atoms with Crippen LogP contribution in [0.25, 0.3) is 64.9 Å². The summed E-state index contributed by atoms with van der Waals surface area (Å²) in [6, 6.07) is 51.7. The van der Waals surface area contributed by atoms with Gasteiger partial charge in [0.05, 0.1) is 10.7 Å². The molecule has 2 aliphatic heterocycles. The monoisotopic (exact) mass is 938 g/mol. The second-order valence-electron chi connectivity index (χ2n) is 26.3. The maximum Gasteiger partial charge on any atom is 0.334 e. The van der Waals surface area contributed by atoms with Crippen molar-refractivity contribution in [1.82, 2.24) is 4.48 Å². The molecule has 2 nitrogen and oxygen atoms in total. The number of fused-ring (bicyclic) bond motifs is 10. The molecule has 71 heavy (non-hydrogen) atoms. The van der Waals surface area contributed by atoms with Crippen LogP contribution in [0.5, 0.6) is 0 Å². The van der Waals surface area contributed by atoms with E-state index < -0.39 is 0 Å². The molecule has 8 bridgehead atoms. The van der Waals surface area contributed by atoms with Crippen molar-refractivity contribution >= 4 is 88.2 Å². The molecule has 7 aromatic carbocycles. The van der Waals surface area contributed by atoms with E-state index in [1.54, 1.807) is 11.1 Å². The minimum Gasteiger partial charge on any atom is -0.375 e. The lowest BCUT2D eigenvalue weighted by molar-refractivity contribution is -0.00527. The summed E-state index contributed by atoms with van der Waals surface area (Å²) >= 11 is 2.01. The van der Waals surface area contributed by atoms with Gasteiger partial charge in [-0.2, -0.15) is 0 Å². The number of benzene rings is 7. The van der Waals surface area contributed by atoms with E-state index in [1.165, 1.54) is 180 Å². The Hall–Kier alpha value is -5.58. The lowest BCUT2D eigenvalue weighted by Crippen LogP contribution is -2.56. The first kappa shape index (κ1) is 41.0. The van der Waals surface area contributed by atoms with E-state index in [1.807, 2.05) is 11.3 Å². The molecule has 10 aliphatic rings. The van der Waals surface area contributed by atoms with Crippen LogP contribution in [0.2, 0.25) is 0 Å². The molecule has 0 saturated heterocycles. The number of hydrogen-bond donors (Lipinski definition) is 0. The van der Waals surface area contributed by atoms with Gasteiger partial charge >= 0.3 is 6.85 Å². The summed E-state index contributed by atoms with van der Waals surface area (Å²) < 4.78 is 4.28. The van der Waals surface area contributed by atoms with Crippen LogP contribution in [0.4, 0.5) is 16.4 Å². The SMILES string of the molecule is Cc1cc2c3c(c1)N(c1ccc(C(C)(C)C)cc1-c1ccccc1)c1sc4cc5ccccc5cc4c1B3n1c3ccc(C45CC6CC(CC(C6)C4)C5)cc3c3cc(C45CC6CC(CC(C6)C4)C5)cc-2c31. The molecule has 8 fully saturated rings. The molecule has 9 aromatic rings. The molecule has 0 atom stereocenters. The van der Waals surface area contributed by atoms with Crippen molar-refractivity contribution in [2.24, 2.45) is 35.5 Å². The van der Waals surface area contributed by atoms with Crippen molar-refractivity contribution < 1.29 is 0 Å². The standard InChI is InChI=1S/C67H63BN2S/c1-38-18-53-55-31-50(67-35-42-23-43(36-67)25-44(24-42)37-67)30-54-52-29-49(66-32-39-20-40(33-66)22-41(21-39)34-66)15-17-58(52)70(63(54)55)68-61(53)59(19-38)69(64-62(68)56-26-46-12-8-9-13-47(46)27-60(56)71-64)57-16-14-48(65(2,3)4)28-51(57)45-10-6-5-7-11-45/h5-19,26-31,39-44H,20-25,32-37H2,1-4H3. The molecule has 2 aromatic heterocycles. The Labute approximate surface area is 423 Å². The summed E-state index contributed by atoms with van der Waals surface area (Å²) in [6.45, 7) is 9.48. The number of aromatic nitrogens is 1. The third-order valence-corrected chi connectivity index (χ3v) is 22.0. The zero-order valence-corrected chi connectivity index (χ0v) is 42.8. The number of anilines is 3. The first-order valence-electron chi connectivity index (χ1n) is 27.8. The lowest BCUT2D eigenvalue weighted by Gasteiger charge is -2.57. The smallest absolute Gasteiger partial charge is 0.334 e. The first-order chi connectivity index (χ1) is 34.5. The molecule has 0 unspecified atom stereocenters. The van der Waals surface area contributed by atoms with Gasteiger partial charge in [0.2, 0.25) is 0 Å². The highest BCUT2D eigenvalue weighted by atomic mass is 32.1. The van der Waals surface area contributed by atoms with Crippen LogP contribution in [-0.4, -0.2) is 11.3 Å². The maximum absolute atomic E-state index is 2.91. The van der Waals surface area contributed by atoms with E-state index in [9.17, 15) is 0 Å². The van der Waals surface area contributed by atoms with E-state index in [4.69, 9.17) is 0 Å². The van der Waals surface area contributed by atoms with Crippen molar-refractivity contribution in [3.05, 3.63) is 150 Å². The summed E-state index contributed by atoms with van der Waals surface area (Å²) in [6.07, 6.45) is 17.2. The third-order valence-electron chi connectivity index (χ3n) is 20.8. The second-order valence-corrected chi connectivity index (χ2v) is 27.3. The van der Waals surface area contributed by atoms with Gasteiger partial charge in [-0.25, -0.2) is 0 Å². The van der Waals surface area contributed by atoms with Gasteiger partial charge in [0.15, 0.2) is 0 Å². The lowest BCUT2D eigenvalue weighted by atomic mass is 9.45. The van der Waals surface area contributed by atoms with Crippen LogP contribution in [0.3, 0.4) is 0 Å². The van der Waals surface area contributed by atoms with Gasteiger partial charge in [-0.3, -0.25) is 0 Å². The van der Waals surface area contributed by atoms with Gasteiger partial charge in [0, 0.05) is 43.3 Å². The molecule has 8 aliphatic carbocycles. The first-order valence-corrected chi connectivity index (χ1v) is 28.6. The van der Waals surface area contributed by atoms with Gasteiger partial charge in [0.25, 0.3) is 0 Å². The summed E-state index contributed by atoms with van der Waals surface area (Å²) in [5.74, 6) is 5.45. The summed E-state index contributed by atoms with van der Waals surface area (Å²) in [7, 11) is 0. The Morgan fingerprint density at radius 3 is 1.80 bits per heavy atom. The molecular weight excluding hydrogens is 876 g/mol.